The van der Waals surface area contributed by atoms with Gasteiger partial charge in [-0.1, -0.05) is 68.2 Å². The van der Waals surface area contributed by atoms with Gasteiger partial charge in [-0.2, -0.15) is 0 Å². The monoisotopic (exact) mass is 272 g/mol. The Morgan fingerprint density at radius 3 is 2.75 bits per heavy atom. The average Bonchev–Trinajstić information content (AvgIpc) is 2.70. The van der Waals surface area contributed by atoms with Gasteiger partial charge in [0.1, 0.15) is 0 Å². The van der Waals surface area contributed by atoms with E-state index in [1.807, 2.05) is 0 Å². The van der Waals surface area contributed by atoms with Crippen molar-refractivity contribution in [2.24, 2.45) is 5.92 Å². The van der Waals surface area contributed by atoms with Crippen LogP contribution in [-0.4, -0.2) is 6.61 Å². The van der Waals surface area contributed by atoms with Gasteiger partial charge in [-0.15, -0.1) is 0 Å². The molecule has 20 heavy (non-hydrogen) atoms. The lowest BCUT2D eigenvalue weighted by molar-refractivity contribution is 0.0371. The first-order valence-corrected chi connectivity index (χ1v) is 8.16. The Labute approximate surface area is 124 Å². The summed E-state index contributed by atoms with van der Waals surface area (Å²) in [6.07, 6.45) is 12.5. The van der Waals surface area contributed by atoms with Crippen molar-refractivity contribution >= 4 is 0 Å². The topological polar surface area (TPSA) is 9.23 Å². The fourth-order valence-corrected chi connectivity index (χ4v) is 2.86. The van der Waals surface area contributed by atoms with Crippen molar-refractivity contribution in [1.29, 1.82) is 0 Å². The summed E-state index contributed by atoms with van der Waals surface area (Å²) in [5.74, 6) is 0.539. The van der Waals surface area contributed by atoms with E-state index in [0.717, 1.165) is 6.61 Å². The Kier molecular flexibility index (Phi) is 6.32. The number of ether oxygens (including phenoxy) is 1. The maximum atomic E-state index is 6.15. The zero-order valence-corrected chi connectivity index (χ0v) is 13.0. The molecule has 1 heteroatoms. The van der Waals surface area contributed by atoms with Crippen molar-refractivity contribution in [1.82, 2.24) is 0 Å². The molecule has 1 aromatic carbocycles. The number of benzene rings is 1. The fourth-order valence-electron chi connectivity index (χ4n) is 2.86. The van der Waals surface area contributed by atoms with Crippen LogP contribution in [-0.2, 0) is 4.74 Å². The second-order valence-electron chi connectivity index (χ2n) is 5.93. The average molecular weight is 272 g/mol. The SMILES string of the molecule is CCCC/C=C/[C@H]1CCCCO[C@@H]1c1ccc(C)cc1. The molecule has 2 atom stereocenters. The molecule has 0 bridgehead atoms. The summed E-state index contributed by atoms with van der Waals surface area (Å²) < 4.78 is 6.15. The van der Waals surface area contributed by atoms with Crippen LogP contribution in [0.2, 0.25) is 0 Å². The third-order valence-corrected chi connectivity index (χ3v) is 4.13. The van der Waals surface area contributed by atoms with Gasteiger partial charge in [-0.05, 0) is 31.7 Å². The number of hydrogen-bond donors (Lipinski definition) is 0. The third kappa shape index (κ3) is 4.49. The third-order valence-electron chi connectivity index (χ3n) is 4.13. The van der Waals surface area contributed by atoms with Gasteiger partial charge in [0.2, 0.25) is 0 Å². The van der Waals surface area contributed by atoms with Crippen LogP contribution in [0.5, 0.6) is 0 Å². The Hall–Kier alpha value is -1.08. The van der Waals surface area contributed by atoms with Crippen molar-refractivity contribution in [3.05, 3.63) is 47.5 Å². The number of rotatable bonds is 5. The van der Waals surface area contributed by atoms with Gasteiger partial charge in [0.05, 0.1) is 6.10 Å². The van der Waals surface area contributed by atoms with Gasteiger partial charge in [0, 0.05) is 12.5 Å². The normalized spacial score (nSPS) is 23.9. The summed E-state index contributed by atoms with van der Waals surface area (Å²) in [5, 5.41) is 0. The minimum absolute atomic E-state index is 0.246. The molecule has 0 aliphatic carbocycles. The standard InChI is InChI=1S/C19H28O/c1-3-4-5-6-9-17-10-7-8-15-20-19(17)18-13-11-16(2)12-14-18/h6,9,11-14,17,19H,3-5,7-8,10,15H2,1-2H3/b9-6+/t17-,19-/m0/s1. The molecule has 2 rings (SSSR count). The molecular weight excluding hydrogens is 244 g/mol. The molecule has 0 amide bonds. The molecule has 0 N–H and O–H groups in total. The summed E-state index contributed by atoms with van der Waals surface area (Å²) >= 11 is 0. The van der Waals surface area contributed by atoms with Gasteiger partial charge in [0.15, 0.2) is 0 Å². The van der Waals surface area contributed by atoms with Crippen LogP contribution < -0.4 is 0 Å². The summed E-state index contributed by atoms with van der Waals surface area (Å²) in [5.41, 5.74) is 2.65. The van der Waals surface area contributed by atoms with E-state index in [-0.39, 0.29) is 6.10 Å². The van der Waals surface area contributed by atoms with Crippen molar-refractivity contribution in [2.75, 3.05) is 6.61 Å². The molecule has 0 spiro atoms. The predicted molar refractivity (Wildman–Crippen MR) is 85.9 cm³/mol. The zero-order chi connectivity index (χ0) is 14.2. The lowest BCUT2D eigenvalue weighted by Crippen LogP contribution is -2.12. The minimum atomic E-state index is 0.246. The second-order valence-corrected chi connectivity index (χ2v) is 5.93. The Morgan fingerprint density at radius 2 is 2.00 bits per heavy atom. The Balaban J connectivity index is 2.08. The van der Waals surface area contributed by atoms with Gasteiger partial charge in [-0.3, -0.25) is 0 Å². The molecule has 0 saturated carbocycles. The zero-order valence-electron chi connectivity index (χ0n) is 13.0. The molecule has 1 fully saturated rings. The number of allylic oxidation sites excluding steroid dienone is 1. The maximum absolute atomic E-state index is 6.15. The summed E-state index contributed by atoms with van der Waals surface area (Å²) in [6.45, 7) is 5.29. The van der Waals surface area contributed by atoms with E-state index in [0.29, 0.717) is 5.92 Å². The van der Waals surface area contributed by atoms with Crippen LogP contribution in [0.3, 0.4) is 0 Å². The largest absolute Gasteiger partial charge is 0.373 e. The van der Waals surface area contributed by atoms with E-state index in [4.69, 9.17) is 4.74 Å². The highest BCUT2D eigenvalue weighted by molar-refractivity contribution is 5.24. The molecule has 1 nitrogen and oxygen atoms in total. The Morgan fingerprint density at radius 1 is 1.20 bits per heavy atom. The summed E-state index contributed by atoms with van der Waals surface area (Å²) in [6, 6.07) is 8.86. The highest BCUT2D eigenvalue weighted by Crippen LogP contribution is 2.34. The highest BCUT2D eigenvalue weighted by Gasteiger charge is 2.23. The molecule has 1 aliphatic rings. The predicted octanol–water partition coefficient (Wildman–Crippen LogP) is 5.60. The van der Waals surface area contributed by atoms with Crippen LogP contribution >= 0.6 is 0 Å². The molecule has 1 aromatic rings. The van der Waals surface area contributed by atoms with E-state index >= 15 is 0 Å². The minimum Gasteiger partial charge on any atom is -0.373 e. The van der Waals surface area contributed by atoms with Crippen molar-refractivity contribution in [2.45, 2.75) is 58.5 Å². The maximum Gasteiger partial charge on any atom is 0.0887 e. The molecule has 0 radical (unpaired) electrons. The molecule has 1 aliphatic heterocycles. The smallest absolute Gasteiger partial charge is 0.0887 e. The number of aryl methyl sites for hydroxylation is 1. The number of hydrogen-bond acceptors (Lipinski definition) is 1. The van der Waals surface area contributed by atoms with Crippen molar-refractivity contribution < 1.29 is 4.74 Å². The first-order chi connectivity index (χ1) is 9.81. The molecule has 1 heterocycles. The molecular formula is C19H28O. The highest BCUT2D eigenvalue weighted by atomic mass is 16.5. The molecule has 110 valence electrons. The van der Waals surface area contributed by atoms with Crippen molar-refractivity contribution in [3.8, 4) is 0 Å². The van der Waals surface area contributed by atoms with Crippen molar-refractivity contribution in [3.63, 3.8) is 0 Å². The van der Waals surface area contributed by atoms with Crippen LogP contribution in [0.4, 0.5) is 0 Å². The van der Waals surface area contributed by atoms with Crippen LogP contribution in [0, 0.1) is 12.8 Å². The van der Waals surface area contributed by atoms with Crippen LogP contribution in [0.25, 0.3) is 0 Å². The van der Waals surface area contributed by atoms with Crippen LogP contribution in [0.1, 0.15) is 62.7 Å². The molecule has 1 saturated heterocycles. The lowest BCUT2D eigenvalue weighted by atomic mass is 9.90. The van der Waals surface area contributed by atoms with E-state index in [1.54, 1.807) is 0 Å². The second kappa shape index (κ2) is 8.26. The Bertz CT molecular complexity index is 404. The summed E-state index contributed by atoms with van der Waals surface area (Å²) in [7, 11) is 0. The van der Waals surface area contributed by atoms with Gasteiger partial charge in [-0.25, -0.2) is 0 Å². The fraction of sp³-hybridized carbons (Fsp3) is 0.579. The van der Waals surface area contributed by atoms with Crippen LogP contribution in [0.15, 0.2) is 36.4 Å². The first-order valence-electron chi connectivity index (χ1n) is 8.16. The first kappa shape index (κ1) is 15.3. The number of unbranched alkanes of at least 4 members (excludes halogenated alkanes) is 2. The quantitative estimate of drug-likeness (QED) is 0.501. The van der Waals surface area contributed by atoms with Gasteiger partial charge in [0.25, 0.3) is 0 Å². The molecule has 0 aromatic heterocycles. The van der Waals surface area contributed by atoms with E-state index < -0.39 is 0 Å². The lowest BCUT2D eigenvalue weighted by Gasteiger charge is -2.23. The van der Waals surface area contributed by atoms with Gasteiger partial charge >= 0.3 is 0 Å². The molecule has 0 unspecified atom stereocenters. The summed E-state index contributed by atoms with van der Waals surface area (Å²) in [4.78, 5) is 0. The van der Waals surface area contributed by atoms with E-state index in [1.165, 1.54) is 49.7 Å². The van der Waals surface area contributed by atoms with Gasteiger partial charge < -0.3 is 4.74 Å². The van der Waals surface area contributed by atoms with E-state index in [9.17, 15) is 0 Å². The van der Waals surface area contributed by atoms with E-state index in [2.05, 4.69) is 50.3 Å².